The third-order valence-electron chi connectivity index (χ3n) is 3.42. The first-order valence-corrected chi connectivity index (χ1v) is 7.48. The molecule has 112 valence electrons. The van der Waals surface area contributed by atoms with Crippen molar-refractivity contribution in [3.8, 4) is 0 Å². The van der Waals surface area contributed by atoms with Gasteiger partial charge in [-0.15, -0.1) is 0 Å². The fourth-order valence-corrected chi connectivity index (χ4v) is 2.52. The molecule has 2 heterocycles. The van der Waals surface area contributed by atoms with Gasteiger partial charge in [0.25, 0.3) is 0 Å². The minimum Gasteiger partial charge on any atom is -0.381 e. The van der Waals surface area contributed by atoms with Gasteiger partial charge in [-0.25, -0.2) is 4.98 Å². The molecule has 0 aliphatic carbocycles. The zero-order chi connectivity index (χ0) is 14.6. The Hall–Kier alpha value is -1.29. The highest BCUT2D eigenvalue weighted by molar-refractivity contribution is 5.47. The molecule has 20 heavy (non-hydrogen) atoms. The maximum absolute atomic E-state index is 5.55. The fraction of sp³-hybridized carbons (Fsp3) is 0.688. The first kappa shape index (κ1) is 15.1. The van der Waals surface area contributed by atoms with Crippen LogP contribution in [0.15, 0.2) is 18.2 Å². The molecule has 1 aromatic heterocycles. The summed E-state index contributed by atoms with van der Waals surface area (Å²) in [7, 11) is 2.11. The van der Waals surface area contributed by atoms with E-state index in [1.807, 2.05) is 6.07 Å². The zero-order valence-corrected chi connectivity index (χ0v) is 13.1. The number of rotatable bonds is 4. The van der Waals surface area contributed by atoms with E-state index in [4.69, 9.17) is 9.72 Å². The lowest BCUT2D eigenvalue weighted by molar-refractivity contribution is 0.0576. The Bertz CT molecular complexity index is 422. The lowest BCUT2D eigenvalue weighted by atomic mass is 10.0. The fourth-order valence-electron chi connectivity index (χ4n) is 2.52. The molecule has 0 saturated carbocycles. The number of ether oxygens (including phenoxy) is 1. The molecule has 2 rings (SSSR count). The summed E-state index contributed by atoms with van der Waals surface area (Å²) in [5.74, 6) is 2.57. The van der Waals surface area contributed by atoms with Gasteiger partial charge < -0.3 is 15.0 Å². The van der Waals surface area contributed by atoms with Gasteiger partial charge in [0.05, 0.1) is 6.61 Å². The topological polar surface area (TPSA) is 37.4 Å². The lowest BCUT2D eigenvalue weighted by Gasteiger charge is -2.28. The summed E-state index contributed by atoms with van der Waals surface area (Å²) in [5.41, 5.74) is 0.0292. The number of anilines is 2. The van der Waals surface area contributed by atoms with Gasteiger partial charge in [-0.2, -0.15) is 0 Å². The molecule has 0 spiro atoms. The Labute approximate surface area is 122 Å². The van der Waals surface area contributed by atoms with Gasteiger partial charge in [0.15, 0.2) is 0 Å². The van der Waals surface area contributed by atoms with Crippen LogP contribution in [0.1, 0.15) is 33.6 Å². The second kappa shape index (κ2) is 6.44. The Morgan fingerprint density at radius 1 is 1.40 bits per heavy atom. The second-order valence-corrected chi connectivity index (χ2v) is 6.72. The minimum absolute atomic E-state index is 0.0292. The summed E-state index contributed by atoms with van der Waals surface area (Å²) in [4.78, 5) is 6.93. The van der Waals surface area contributed by atoms with Crippen LogP contribution in [0.25, 0.3) is 0 Å². The summed E-state index contributed by atoms with van der Waals surface area (Å²) >= 11 is 0. The number of hydrogen-bond acceptors (Lipinski definition) is 4. The van der Waals surface area contributed by atoms with Crippen molar-refractivity contribution in [1.82, 2.24) is 4.98 Å². The third kappa shape index (κ3) is 4.67. The van der Waals surface area contributed by atoms with E-state index < -0.39 is 0 Å². The summed E-state index contributed by atoms with van der Waals surface area (Å²) in [5, 5.41) is 3.42. The summed E-state index contributed by atoms with van der Waals surface area (Å²) < 4.78 is 5.55. The van der Waals surface area contributed by atoms with Crippen LogP contribution < -0.4 is 10.2 Å². The van der Waals surface area contributed by atoms with Gasteiger partial charge in [0, 0.05) is 25.7 Å². The first-order valence-electron chi connectivity index (χ1n) is 7.48. The van der Waals surface area contributed by atoms with Gasteiger partial charge in [0.1, 0.15) is 11.6 Å². The van der Waals surface area contributed by atoms with Crippen LogP contribution in [-0.4, -0.2) is 37.3 Å². The van der Waals surface area contributed by atoms with Crippen LogP contribution in [0, 0.1) is 5.92 Å². The van der Waals surface area contributed by atoms with E-state index in [0.29, 0.717) is 5.92 Å². The number of hydrogen-bond donors (Lipinski definition) is 1. The lowest BCUT2D eigenvalue weighted by Crippen LogP contribution is -2.32. The standard InChI is InChI=1S/C16H27N3O/c1-16(2,3)18-14-8-5-9-15(17-14)19(4)11-13-7-6-10-20-12-13/h5,8-9,13H,6-7,10-12H2,1-4H3,(H,17,18). The average molecular weight is 277 g/mol. The minimum atomic E-state index is 0.0292. The molecule has 1 aliphatic heterocycles. The zero-order valence-electron chi connectivity index (χ0n) is 13.1. The van der Waals surface area contributed by atoms with Gasteiger partial charge in [0.2, 0.25) is 0 Å². The molecule has 1 unspecified atom stereocenters. The Morgan fingerprint density at radius 2 is 2.20 bits per heavy atom. The Balaban J connectivity index is 1.98. The molecule has 0 aromatic carbocycles. The van der Waals surface area contributed by atoms with Crippen molar-refractivity contribution in [2.45, 2.75) is 39.2 Å². The van der Waals surface area contributed by atoms with Crippen molar-refractivity contribution < 1.29 is 4.74 Å². The van der Waals surface area contributed by atoms with E-state index in [1.54, 1.807) is 0 Å². The van der Waals surface area contributed by atoms with Crippen LogP contribution in [0.5, 0.6) is 0 Å². The van der Waals surface area contributed by atoms with E-state index in [-0.39, 0.29) is 5.54 Å². The van der Waals surface area contributed by atoms with Crippen LogP contribution in [-0.2, 0) is 4.74 Å². The van der Waals surface area contributed by atoms with Crippen molar-refractivity contribution in [3.05, 3.63) is 18.2 Å². The molecule has 4 heteroatoms. The van der Waals surface area contributed by atoms with E-state index in [9.17, 15) is 0 Å². The molecule has 1 saturated heterocycles. The van der Waals surface area contributed by atoms with E-state index in [2.05, 4.69) is 50.2 Å². The van der Waals surface area contributed by atoms with E-state index in [0.717, 1.165) is 31.4 Å². The number of nitrogens with one attached hydrogen (secondary N) is 1. The van der Waals surface area contributed by atoms with Crippen LogP contribution in [0.3, 0.4) is 0 Å². The van der Waals surface area contributed by atoms with Gasteiger partial charge in [-0.3, -0.25) is 0 Å². The highest BCUT2D eigenvalue weighted by atomic mass is 16.5. The van der Waals surface area contributed by atoms with Crippen LogP contribution in [0.4, 0.5) is 11.6 Å². The predicted octanol–water partition coefficient (Wildman–Crippen LogP) is 3.15. The van der Waals surface area contributed by atoms with Crippen molar-refractivity contribution in [2.75, 3.05) is 37.0 Å². The highest BCUT2D eigenvalue weighted by Crippen LogP contribution is 2.20. The Morgan fingerprint density at radius 3 is 2.85 bits per heavy atom. The molecule has 1 fully saturated rings. The summed E-state index contributed by atoms with van der Waals surface area (Å²) in [6.07, 6.45) is 2.43. The van der Waals surface area contributed by atoms with Gasteiger partial charge in [-0.1, -0.05) is 6.07 Å². The summed E-state index contributed by atoms with van der Waals surface area (Å²) in [6, 6.07) is 6.15. The number of aromatic nitrogens is 1. The molecule has 1 atom stereocenters. The quantitative estimate of drug-likeness (QED) is 0.917. The number of pyridine rings is 1. The Kier molecular flexibility index (Phi) is 4.86. The first-order chi connectivity index (χ1) is 9.44. The van der Waals surface area contributed by atoms with Crippen LogP contribution in [0.2, 0.25) is 0 Å². The van der Waals surface area contributed by atoms with E-state index >= 15 is 0 Å². The monoisotopic (exact) mass is 277 g/mol. The maximum atomic E-state index is 5.55. The third-order valence-corrected chi connectivity index (χ3v) is 3.42. The van der Waals surface area contributed by atoms with Crippen molar-refractivity contribution in [1.29, 1.82) is 0 Å². The molecular weight excluding hydrogens is 250 g/mol. The SMILES string of the molecule is CN(CC1CCCOC1)c1cccc(NC(C)(C)C)n1. The van der Waals surface area contributed by atoms with Gasteiger partial charge in [-0.05, 0) is 51.7 Å². The maximum Gasteiger partial charge on any atom is 0.130 e. The molecule has 1 aliphatic rings. The number of nitrogens with zero attached hydrogens (tertiary/aromatic N) is 2. The predicted molar refractivity (Wildman–Crippen MR) is 84.4 cm³/mol. The molecule has 0 radical (unpaired) electrons. The van der Waals surface area contributed by atoms with Crippen molar-refractivity contribution >= 4 is 11.6 Å². The molecule has 0 amide bonds. The van der Waals surface area contributed by atoms with Crippen LogP contribution >= 0.6 is 0 Å². The smallest absolute Gasteiger partial charge is 0.130 e. The largest absolute Gasteiger partial charge is 0.381 e. The summed E-state index contributed by atoms with van der Waals surface area (Å²) in [6.45, 7) is 9.24. The molecule has 0 bridgehead atoms. The molecule has 1 aromatic rings. The molecular formula is C16H27N3O. The van der Waals surface area contributed by atoms with E-state index in [1.165, 1.54) is 12.8 Å². The van der Waals surface area contributed by atoms with Gasteiger partial charge >= 0.3 is 0 Å². The second-order valence-electron chi connectivity index (χ2n) is 6.72. The molecule has 4 nitrogen and oxygen atoms in total. The highest BCUT2D eigenvalue weighted by Gasteiger charge is 2.17. The average Bonchev–Trinajstić information content (AvgIpc) is 2.38. The molecule has 1 N–H and O–H groups in total. The normalized spacial score (nSPS) is 19.7. The van der Waals surface area contributed by atoms with Crippen molar-refractivity contribution in [3.63, 3.8) is 0 Å². The van der Waals surface area contributed by atoms with Crippen molar-refractivity contribution in [2.24, 2.45) is 5.92 Å².